The molecule has 3 aliphatic rings. The second-order valence-corrected chi connectivity index (χ2v) is 12.8. The fourth-order valence-corrected chi connectivity index (χ4v) is 6.33. The van der Waals surface area contributed by atoms with Gasteiger partial charge in [-0.1, -0.05) is 39.2 Å². The smallest absolute Gasteiger partial charge is 0.408 e. The third-order valence-corrected chi connectivity index (χ3v) is 8.46. The molecule has 3 rings (SSSR count). The SMILES string of the molecule is C=CCCC(NC(=O)[C@@H]1C2C(CN1C(=O)[C@@H](NC(=O)OC(C)(C)C)C1CCCCC1)C2(C)C)C(=O)C(C)=O. The van der Waals surface area contributed by atoms with Crippen LogP contribution in [0.2, 0.25) is 0 Å². The zero-order chi connectivity index (χ0) is 28.4. The largest absolute Gasteiger partial charge is 0.444 e. The molecule has 1 saturated heterocycles. The Labute approximate surface area is 226 Å². The number of ketones is 2. The van der Waals surface area contributed by atoms with Crippen LogP contribution in [-0.2, 0) is 23.9 Å². The number of rotatable bonds is 10. The quantitative estimate of drug-likeness (QED) is 0.328. The average molecular weight is 532 g/mol. The van der Waals surface area contributed by atoms with Crippen molar-refractivity contribution in [2.45, 2.75) is 110 Å². The van der Waals surface area contributed by atoms with Gasteiger partial charge in [-0.15, -0.1) is 6.58 Å². The van der Waals surface area contributed by atoms with Gasteiger partial charge in [-0.3, -0.25) is 19.2 Å². The molecule has 1 aliphatic heterocycles. The highest BCUT2D eigenvalue weighted by Gasteiger charge is 2.69. The molecular formula is C29H45N3O6. The minimum absolute atomic E-state index is 0.0444. The first-order valence-electron chi connectivity index (χ1n) is 13.9. The Balaban J connectivity index is 1.85. The minimum Gasteiger partial charge on any atom is -0.444 e. The van der Waals surface area contributed by atoms with Crippen LogP contribution in [0.3, 0.4) is 0 Å². The van der Waals surface area contributed by atoms with Gasteiger partial charge in [0.05, 0.1) is 6.04 Å². The molecule has 3 amide bonds. The van der Waals surface area contributed by atoms with Crippen molar-refractivity contribution in [3.63, 3.8) is 0 Å². The zero-order valence-electron chi connectivity index (χ0n) is 23.8. The van der Waals surface area contributed by atoms with Gasteiger partial charge in [0.15, 0.2) is 5.78 Å². The van der Waals surface area contributed by atoms with Gasteiger partial charge in [-0.05, 0) is 69.6 Å². The van der Waals surface area contributed by atoms with E-state index in [9.17, 15) is 24.0 Å². The molecule has 0 bridgehead atoms. The molecule has 2 saturated carbocycles. The van der Waals surface area contributed by atoms with Crippen LogP contribution in [0.25, 0.3) is 0 Å². The Kier molecular flexibility index (Phi) is 9.09. The van der Waals surface area contributed by atoms with Gasteiger partial charge < -0.3 is 20.3 Å². The number of Topliss-reactive ketones (excluding diaryl/α,β-unsaturated/α-hetero) is 2. The third kappa shape index (κ3) is 6.64. The van der Waals surface area contributed by atoms with Crippen molar-refractivity contribution in [3.05, 3.63) is 12.7 Å². The van der Waals surface area contributed by atoms with E-state index in [4.69, 9.17) is 4.74 Å². The van der Waals surface area contributed by atoms with Gasteiger partial charge in [-0.2, -0.15) is 0 Å². The molecular weight excluding hydrogens is 486 g/mol. The lowest BCUT2D eigenvalue weighted by Gasteiger charge is -2.37. The van der Waals surface area contributed by atoms with Gasteiger partial charge in [-0.25, -0.2) is 4.79 Å². The molecule has 5 atom stereocenters. The van der Waals surface area contributed by atoms with Crippen LogP contribution in [0.4, 0.5) is 4.79 Å². The molecule has 212 valence electrons. The van der Waals surface area contributed by atoms with E-state index >= 15 is 0 Å². The first kappa shape index (κ1) is 29.8. The molecule has 2 N–H and O–H groups in total. The molecule has 3 fully saturated rings. The summed E-state index contributed by atoms with van der Waals surface area (Å²) in [6.07, 6.45) is 6.37. The monoisotopic (exact) mass is 531 g/mol. The van der Waals surface area contributed by atoms with Gasteiger partial charge in [0.25, 0.3) is 0 Å². The second kappa shape index (κ2) is 11.6. The van der Waals surface area contributed by atoms with E-state index in [1.165, 1.54) is 6.92 Å². The van der Waals surface area contributed by atoms with E-state index in [-0.39, 0.29) is 35.5 Å². The fourth-order valence-electron chi connectivity index (χ4n) is 6.33. The van der Waals surface area contributed by atoms with Crippen molar-refractivity contribution in [2.75, 3.05) is 6.54 Å². The van der Waals surface area contributed by atoms with E-state index in [1.807, 2.05) is 0 Å². The van der Waals surface area contributed by atoms with Crippen molar-refractivity contribution >= 4 is 29.5 Å². The number of amides is 3. The maximum absolute atomic E-state index is 14.1. The van der Waals surface area contributed by atoms with E-state index in [2.05, 4.69) is 31.1 Å². The van der Waals surface area contributed by atoms with E-state index in [0.717, 1.165) is 32.1 Å². The summed E-state index contributed by atoms with van der Waals surface area (Å²) in [6.45, 7) is 14.7. The Morgan fingerprint density at radius 1 is 1.08 bits per heavy atom. The number of ether oxygens (including phenoxy) is 1. The molecule has 0 aromatic carbocycles. The van der Waals surface area contributed by atoms with Crippen molar-refractivity contribution in [1.29, 1.82) is 0 Å². The number of fused-ring (bicyclic) bond motifs is 1. The number of hydrogen-bond donors (Lipinski definition) is 2. The number of alkyl carbamates (subject to hydrolysis) is 1. The lowest BCUT2D eigenvalue weighted by atomic mass is 9.83. The standard InChI is InChI=1S/C29H45N3O6/c1-8-9-15-20(24(34)17(2)33)30-25(35)23-21-19(29(21,6)7)16-32(23)26(36)22(18-13-11-10-12-14-18)31-27(37)38-28(3,4)5/h8,18-23H,1,9-16H2,2-7H3,(H,30,35)(H,31,37)/t19?,20?,21?,22-,23-/m0/s1. The lowest BCUT2D eigenvalue weighted by molar-refractivity contribution is -0.144. The highest BCUT2D eigenvalue weighted by molar-refractivity contribution is 6.38. The van der Waals surface area contributed by atoms with Crippen LogP contribution in [0.15, 0.2) is 12.7 Å². The summed E-state index contributed by atoms with van der Waals surface area (Å²) in [4.78, 5) is 66.5. The van der Waals surface area contributed by atoms with Crippen LogP contribution < -0.4 is 10.6 Å². The summed E-state index contributed by atoms with van der Waals surface area (Å²) >= 11 is 0. The lowest BCUT2D eigenvalue weighted by Crippen LogP contribution is -2.59. The maximum atomic E-state index is 14.1. The molecule has 38 heavy (non-hydrogen) atoms. The predicted molar refractivity (Wildman–Crippen MR) is 143 cm³/mol. The van der Waals surface area contributed by atoms with E-state index in [0.29, 0.717) is 13.0 Å². The van der Waals surface area contributed by atoms with Crippen molar-refractivity contribution in [2.24, 2.45) is 23.2 Å². The van der Waals surface area contributed by atoms with Gasteiger partial charge in [0, 0.05) is 13.5 Å². The van der Waals surface area contributed by atoms with E-state index < -0.39 is 47.3 Å². The Hall–Kier alpha value is -2.71. The summed E-state index contributed by atoms with van der Waals surface area (Å²) in [6, 6.07) is -2.54. The highest BCUT2D eigenvalue weighted by Crippen LogP contribution is 2.65. The van der Waals surface area contributed by atoms with Gasteiger partial charge in [0.2, 0.25) is 17.6 Å². The zero-order valence-corrected chi connectivity index (χ0v) is 23.8. The third-order valence-electron chi connectivity index (χ3n) is 8.46. The first-order valence-corrected chi connectivity index (χ1v) is 13.9. The molecule has 9 nitrogen and oxygen atoms in total. The Bertz CT molecular complexity index is 962. The summed E-state index contributed by atoms with van der Waals surface area (Å²) in [5.74, 6) is -1.96. The predicted octanol–water partition coefficient (Wildman–Crippen LogP) is 3.55. The molecule has 3 unspecified atom stereocenters. The molecule has 0 aromatic rings. The van der Waals surface area contributed by atoms with E-state index in [1.54, 1.807) is 31.7 Å². The van der Waals surface area contributed by atoms with Gasteiger partial charge in [0.1, 0.15) is 17.7 Å². The van der Waals surface area contributed by atoms with Crippen LogP contribution in [0, 0.1) is 23.2 Å². The van der Waals surface area contributed by atoms with Crippen molar-refractivity contribution in [1.82, 2.24) is 15.5 Å². The number of allylic oxidation sites excluding steroid dienone is 1. The number of hydrogen-bond acceptors (Lipinski definition) is 6. The molecule has 0 radical (unpaired) electrons. The normalized spacial score (nSPS) is 25.9. The maximum Gasteiger partial charge on any atom is 0.408 e. The number of nitrogens with one attached hydrogen (secondary N) is 2. The summed E-state index contributed by atoms with van der Waals surface area (Å²) in [5.41, 5.74) is -0.839. The number of nitrogens with zero attached hydrogens (tertiary/aromatic N) is 1. The Morgan fingerprint density at radius 2 is 1.71 bits per heavy atom. The highest BCUT2D eigenvalue weighted by atomic mass is 16.6. The number of likely N-dealkylation sites (tertiary alicyclic amines) is 1. The minimum atomic E-state index is -0.968. The molecule has 9 heteroatoms. The van der Waals surface area contributed by atoms with Crippen LogP contribution in [0.1, 0.15) is 86.5 Å². The molecule has 0 spiro atoms. The number of carbonyl (C=O) groups excluding carboxylic acids is 5. The van der Waals surface area contributed by atoms with Crippen molar-refractivity contribution in [3.8, 4) is 0 Å². The Morgan fingerprint density at radius 3 is 2.26 bits per heavy atom. The fraction of sp³-hybridized carbons (Fsp3) is 0.759. The molecule has 0 aromatic heterocycles. The van der Waals surface area contributed by atoms with Crippen LogP contribution in [0.5, 0.6) is 0 Å². The topological polar surface area (TPSA) is 122 Å². The van der Waals surface area contributed by atoms with Crippen LogP contribution in [-0.4, -0.2) is 64.6 Å². The average Bonchev–Trinajstić information content (AvgIpc) is 3.16. The number of piperidine rings is 1. The second-order valence-electron chi connectivity index (χ2n) is 12.8. The molecule has 2 aliphatic carbocycles. The summed E-state index contributed by atoms with van der Waals surface area (Å²) in [5, 5.41) is 5.62. The summed E-state index contributed by atoms with van der Waals surface area (Å²) < 4.78 is 5.47. The van der Waals surface area contributed by atoms with Crippen molar-refractivity contribution < 1.29 is 28.7 Å². The van der Waals surface area contributed by atoms with Gasteiger partial charge >= 0.3 is 6.09 Å². The summed E-state index contributed by atoms with van der Waals surface area (Å²) in [7, 11) is 0. The molecule has 1 heterocycles. The first-order chi connectivity index (χ1) is 17.7. The van der Waals surface area contributed by atoms with Crippen LogP contribution >= 0.6 is 0 Å². The number of carbonyl (C=O) groups is 5.